The van der Waals surface area contributed by atoms with E-state index < -0.39 is 0 Å². The van der Waals surface area contributed by atoms with Crippen LogP contribution in [0.15, 0.2) is 42.5 Å². The van der Waals surface area contributed by atoms with Gasteiger partial charge < -0.3 is 5.32 Å². The molecule has 0 saturated carbocycles. The summed E-state index contributed by atoms with van der Waals surface area (Å²) in [4.78, 5) is 0. The highest BCUT2D eigenvalue weighted by atomic mass is 14.9. The molecule has 0 fully saturated rings. The molecule has 2 aromatic rings. The fourth-order valence-corrected chi connectivity index (χ4v) is 1.83. The molecule has 0 aliphatic heterocycles. The van der Waals surface area contributed by atoms with Crippen molar-refractivity contribution in [2.24, 2.45) is 0 Å². The van der Waals surface area contributed by atoms with E-state index in [-0.39, 0.29) is 0 Å². The minimum absolute atomic E-state index is 0.665. The van der Waals surface area contributed by atoms with Gasteiger partial charge in [0.15, 0.2) is 0 Å². The molecule has 3 nitrogen and oxygen atoms in total. The van der Waals surface area contributed by atoms with Crippen molar-refractivity contribution in [2.45, 2.75) is 13.5 Å². The highest BCUT2D eigenvalue weighted by molar-refractivity contribution is 5.54. The molecule has 92 valence electrons. The molecule has 0 atom stereocenters. The number of aryl methyl sites for hydroxylation is 1. The average molecular weight is 247 g/mol. The van der Waals surface area contributed by atoms with Crippen LogP contribution in [0.25, 0.3) is 0 Å². The number of nitrogens with one attached hydrogen (secondary N) is 1. The van der Waals surface area contributed by atoms with Gasteiger partial charge in [0.1, 0.15) is 0 Å². The quantitative estimate of drug-likeness (QED) is 0.904. The number of nitriles is 2. The van der Waals surface area contributed by atoms with E-state index >= 15 is 0 Å². The van der Waals surface area contributed by atoms with Crippen molar-refractivity contribution in [3.8, 4) is 12.1 Å². The van der Waals surface area contributed by atoms with E-state index in [0.717, 1.165) is 16.8 Å². The van der Waals surface area contributed by atoms with E-state index in [0.29, 0.717) is 17.7 Å². The molecule has 2 aromatic carbocycles. The van der Waals surface area contributed by atoms with Crippen LogP contribution in [0.2, 0.25) is 0 Å². The first kappa shape index (κ1) is 12.7. The lowest BCUT2D eigenvalue weighted by molar-refractivity contribution is 1.14. The Morgan fingerprint density at radius 3 is 2.16 bits per heavy atom. The summed E-state index contributed by atoms with van der Waals surface area (Å²) >= 11 is 0. The van der Waals surface area contributed by atoms with Crippen LogP contribution in [0.4, 0.5) is 5.69 Å². The van der Waals surface area contributed by atoms with E-state index in [1.54, 1.807) is 6.07 Å². The van der Waals surface area contributed by atoms with E-state index in [1.807, 2.05) is 43.3 Å². The van der Waals surface area contributed by atoms with Crippen molar-refractivity contribution in [1.29, 1.82) is 10.5 Å². The molecule has 0 radical (unpaired) electrons. The Balaban J connectivity index is 2.06. The number of nitrogens with zero attached hydrogens (tertiary/aromatic N) is 2. The van der Waals surface area contributed by atoms with E-state index in [2.05, 4.69) is 17.5 Å². The second-order valence-electron chi connectivity index (χ2n) is 4.30. The van der Waals surface area contributed by atoms with Gasteiger partial charge in [-0.3, -0.25) is 0 Å². The smallest absolute Gasteiger partial charge is 0.0991 e. The molecule has 1 N–H and O–H groups in total. The summed E-state index contributed by atoms with van der Waals surface area (Å²) < 4.78 is 0. The third-order valence-electron chi connectivity index (χ3n) is 2.92. The van der Waals surface area contributed by atoms with Gasteiger partial charge in [-0.15, -0.1) is 0 Å². The minimum Gasteiger partial charge on any atom is -0.381 e. The number of anilines is 1. The third-order valence-corrected chi connectivity index (χ3v) is 2.92. The standard InChI is InChI=1S/C16H13N3/c1-12-8-15(10-18)6-7-16(12)19-11-14-4-2-13(9-17)3-5-14/h2-8,19H,11H2,1H3. The highest BCUT2D eigenvalue weighted by Gasteiger charge is 2.00. The van der Waals surface area contributed by atoms with Gasteiger partial charge in [0.05, 0.1) is 23.3 Å². The number of benzene rings is 2. The van der Waals surface area contributed by atoms with Gasteiger partial charge in [-0.2, -0.15) is 10.5 Å². The average Bonchev–Trinajstić information content (AvgIpc) is 2.46. The first-order valence-electron chi connectivity index (χ1n) is 5.96. The highest BCUT2D eigenvalue weighted by Crippen LogP contribution is 2.17. The van der Waals surface area contributed by atoms with Crippen LogP contribution >= 0.6 is 0 Å². The summed E-state index contributed by atoms with van der Waals surface area (Å²) in [6, 6.07) is 17.3. The molecule has 0 aliphatic carbocycles. The molecule has 0 aromatic heterocycles. The van der Waals surface area contributed by atoms with Crippen LogP contribution < -0.4 is 5.32 Å². The Labute approximate surface area is 112 Å². The summed E-state index contributed by atoms with van der Waals surface area (Å²) in [5.41, 5.74) is 4.51. The molecule has 0 unspecified atom stereocenters. The van der Waals surface area contributed by atoms with Crippen LogP contribution in [-0.2, 0) is 6.54 Å². The summed E-state index contributed by atoms with van der Waals surface area (Å²) in [5.74, 6) is 0. The largest absolute Gasteiger partial charge is 0.381 e. The molecule has 0 amide bonds. The molecule has 3 heteroatoms. The van der Waals surface area contributed by atoms with E-state index in [1.165, 1.54) is 0 Å². The predicted octanol–water partition coefficient (Wildman–Crippen LogP) is 3.35. The number of hydrogen-bond donors (Lipinski definition) is 1. The lowest BCUT2D eigenvalue weighted by atomic mass is 10.1. The lowest BCUT2D eigenvalue weighted by Crippen LogP contribution is -2.01. The zero-order chi connectivity index (χ0) is 13.7. The summed E-state index contributed by atoms with van der Waals surface area (Å²) in [7, 11) is 0. The van der Waals surface area contributed by atoms with Crippen LogP contribution in [0.5, 0.6) is 0 Å². The summed E-state index contributed by atoms with van der Waals surface area (Å²) in [6.07, 6.45) is 0. The zero-order valence-electron chi connectivity index (χ0n) is 10.6. The van der Waals surface area contributed by atoms with Gasteiger partial charge in [-0.1, -0.05) is 12.1 Å². The van der Waals surface area contributed by atoms with Crippen LogP contribution in [-0.4, -0.2) is 0 Å². The summed E-state index contributed by atoms with van der Waals surface area (Å²) in [6.45, 7) is 2.67. The molecule has 0 spiro atoms. The van der Waals surface area contributed by atoms with Gasteiger partial charge in [-0.25, -0.2) is 0 Å². The van der Waals surface area contributed by atoms with E-state index in [9.17, 15) is 0 Å². The predicted molar refractivity (Wildman–Crippen MR) is 74.4 cm³/mol. The Kier molecular flexibility index (Phi) is 3.81. The maximum absolute atomic E-state index is 8.81. The van der Waals surface area contributed by atoms with Gasteiger partial charge in [0.2, 0.25) is 0 Å². The van der Waals surface area contributed by atoms with Crippen molar-refractivity contribution in [1.82, 2.24) is 0 Å². The fourth-order valence-electron chi connectivity index (χ4n) is 1.83. The minimum atomic E-state index is 0.665. The molecular formula is C16H13N3. The lowest BCUT2D eigenvalue weighted by Gasteiger charge is -2.09. The zero-order valence-corrected chi connectivity index (χ0v) is 10.6. The molecule has 0 bridgehead atoms. The molecule has 19 heavy (non-hydrogen) atoms. The van der Waals surface area contributed by atoms with Crippen molar-refractivity contribution in [3.05, 3.63) is 64.7 Å². The molecule has 0 saturated heterocycles. The van der Waals surface area contributed by atoms with Crippen LogP contribution in [0, 0.1) is 29.6 Å². The Morgan fingerprint density at radius 2 is 1.58 bits per heavy atom. The van der Waals surface area contributed by atoms with Crippen molar-refractivity contribution >= 4 is 5.69 Å². The number of rotatable bonds is 3. The first-order chi connectivity index (χ1) is 9.22. The summed E-state index contributed by atoms with van der Waals surface area (Å²) in [5, 5.41) is 20.9. The molecule has 0 aliphatic rings. The van der Waals surface area contributed by atoms with E-state index in [4.69, 9.17) is 10.5 Å². The Morgan fingerprint density at radius 1 is 0.947 bits per heavy atom. The first-order valence-corrected chi connectivity index (χ1v) is 5.96. The number of hydrogen-bond acceptors (Lipinski definition) is 3. The van der Waals surface area contributed by atoms with Gasteiger partial charge in [-0.05, 0) is 48.4 Å². The molecule has 2 rings (SSSR count). The molecular weight excluding hydrogens is 234 g/mol. The Bertz CT molecular complexity index is 658. The van der Waals surface area contributed by atoms with Crippen LogP contribution in [0.3, 0.4) is 0 Å². The Hall–Kier alpha value is -2.78. The fraction of sp³-hybridized carbons (Fsp3) is 0.125. The monoisotopic (exact) mass is 247 g/mol. The third kappa shape index (κ3) is 3.12. The van der Waals surface area contributed by atoms with Crippen LogP contribution in [0.1, 0.15) is 22.3 Å². The second-order valence-corrected chi connectivity index (χ2v) is 4.30. The van der Waals surface area contributed by atoms with Gasteiger partial charge in [0, 0.05) is 12.2 Å². The maximum atomic E-state index is 8.81. The van der Waals surface area contributed by atoms with Crippen molar-refractivity contribution < 1.29 is 0 Å². The SMILES string of the molecule is Cc1cc(C#N)ccc1NCc1ccc(C#N)cc1. The maximum Gasteiger partial charge on any atom is 0.0991 e. The molecule has 0 heterocycles. The second kappa shape index (κ2) is 5.71. The normalized spacial score (nSPS) is 9.42. The topological polar surface area (TPSA) is 59.6 Å². The van der Waals surface area contributed by atoms with Crippen molar-refractivity contribution in [3.63, 3.8) is 0 Å². The van der Waals surface area contributed by atoms with Gasteiger partial charge in [0.25, 0.3) is 0 Å². The van der Waals surface area contributed by atoms with Crippen molar-refractivity contribution in [2.75, 3.05) is 5.32 Å². The van der Waals surface area contributed by atoms with Gasteiger partial charge >= 0.3 is 0 Å².